The lowest BCUT2D eigenvalue weighted by Gasteiger charge is -2.18. The molecule has 83 heavy (non-hydrogen) atoms. The van der Waals surface area contributed by atoms with Crippen LogP contribution in [0.15, 0.2) is 122 Å². The minimum absolute atomic E-state index is 0.104. The number of rotatable bonds is 63. The van der Waals surface area contributed by atoms with Gasteiger partial charge in [0.1, 0.15) is 13.2 Å². The van der Waals surface area contributed by atoms with E-state index >= 15 is 0 Å². The Bertz CT molecular complexity index is 1700. The van der Waals surface area contributed by atoms with E-state index in [0.717, 1.165) is 109 Å². The molecular formula is C77H130O6. The highest BCUT2D eigenvalue weighted by atomic mass is 16.6. The van der Waals surface area contributed by atoms with Gasteiger partial charge in [-0.25, -0.2) is 0 Å². The summed E-state index contributed by atoms with van der Waals surface area (Å²) in [5.74, 6) is -0.985. The van der Waals surface area contributed by atoms with E-state index in [2.05, 4.69) is 136 Å². The summed E-state index contributed by atoms with van der Waals surface area (Å²) in [5, 5.41) is 0. The van der Waals surface area contributed by atoms with Gasteiger partial charge >= 0.3 is 17.9 Å². The molecule has 1 unspecified atom stereocenters. The number of esters is 3. The van der Waals surface area contributed by atoms with Gasteiger partial charge in [-0.05, 0) is 96.3 Å². The number of allylic oxidation sites excluding steroid dienone is 20. The van der Waals surface area contributed by atoms with Crippen LogP contribution in [0, 0.1) is 0 Å². The highest BCUT2D eigenvalue weighted by molar-refractivity contribution is 5.71. The van der Waals surface area contributed by atoms with Gasteiger partial charge in [0, 0.05) is 19.3 Å². The van der Waals surface area contributed by atoms with Gasteiger partial charge in [-0.1, -0.05) is 335 Å². The van der Waals surface area contributed by atoms with Crippen molar-refractivity contribution < 1.29 is 28.6 Å². The monoisotopic (exact) mass is 1150 g/mol. The molecule has 0 saturated heterocycles. The van der Waals surface area contributed by atoms with Crippen LogP contribution in [-0.2, 0) is 28.6 Å². The Morgan fingerprint density at radius 3 is 0.807 bits per heavy atom. The summed E-state index contributed by atoms with van der Waals surface area (Å²) in [5.41, 5.74) is 0. The van der Waals surface area contributed by atoms with Gasteiger partial charge in [-0.15, -0.1) is 0 Å². The van der Waals surface area contributed by atoms with Crippen molar-refractivity contribution in [3.05, 3.63) is 122 Å². The largest absolute Gasteiger partial charge is 0.462 e. The molecule has 0 fully saturated rings. The predicted molar refractivity (Wildman–Crippen MR) is 362 cm³/mol. The molecule has 0 rings (SSSR count). The molecule has 0 aromatic carbocycles. The number of carbonyl (C=O) groups is 3. The molecule has 0 aliphatic carbocycles. The van der Waals surface area contributed by atoms with Crippen molar-refractivity contribution in [2.45, 2.75) is 335 Å². The topological polar surface area (TPSA) is 78.9 Å². The SMILES string of the molecule is CC/C=C\C/C=C\C/C=C\C/C=C\C/C=C\C/C=C\CCCCCCCCCCC(=O)OCC(COC(=O)CC/C=C\C/C=C\C/C=C\C/C=C\CC)OC(=O)CCCCCCCCCCCCCCCCCCCCCCCCCCC. The zero-order chi connectivity index (χ0) is 59.9. The number of carbonyl (C=O) groups excluding carboxylic acids is 3. The lowest BCUT2D eigenvalue weighted by molar-refractivity contribution is -0.166. The van der Waals surface area contributed by atoms with Gasteiger partial charge in [-0.3, -0.25) is 14.4 Å². The van der Waals surface area contributed by atoms with Crippen LogP contribution in [0.2, 0.25) is 0 Å². The smallest absolute Gasteiger partial charge is 0.306 e. The maximum atomic E-state index is 13.0. The van der Waals surface area contributed by atoms with Gasteiger partial charge < -0.3 is 14.2 Å². The highest BCUT2D eigenvalue weighted by Gasteiger charge is 2.19. The molecule has 474 valence electrons. The van der Waals surface area contributed by atoms with Crippen LogP contribution in [0.25, 0.3) is 0 Å². The van der Waals surface area contributed by atoms with E-state index in [1.54, 1.807) is 0 Å². The van der Waals surface area contributed by atoms with Crippen molar-refractivity contribution in [1.82, 2.24) is 0 Å². The van der Waals surface area contributed by atoms with E-state index in [1.807, 2.05) is 6.08 Å². The Kier molecular flexibility index (Phi) is 66.7. The third-order valence-electron chi connectivity index (χ3n) is 15.0. The van der Waals surface area contributed by atoms with E-state index < -0.39 is 6.10 Å². The van der Waals surface area contributed by atoms with E-state index in [9.17, 15) is 14.4 Å². The first-order chi connectivity index (χ1) is 41.0. The lowest BCUT2D eigenvalue weighted by Crippen LogP contribution is -2.30. The molecule has 6 heteroatoms. The Morgan fingerprint density at radius 2 is 0.494 bits per heavy atom. The molecule has 0 aromatic rings. The summed E-state index contributed by atoms with van der Waals surface area (Å²) in [4.78, 5) is 38.4. The Morgan fingerprint density at radius 1 is 0.253 bits per heavy atom. The molecule has 0 amide bonds. The van der Waals surface area contributed by atoms with Crippen molar-refractivity contribution in [1.29, 1.82) is 0 Å². The molecular weight excluding hydrogens is 1020 g/mol. The second-order valence-corrected chi connectivity index (χ2v) is 23.0. The fourth-order valence-corrected chi connectivity index (χ4v) is 9.82. The van der Waals surface area contributed by atoms with Crippen LogP contribution >= 0.6 is 0 Å². The number of ether oxygens (including phenoxy) is 3. The zero-order valence-electron chi connectivity index (χ0n) is 54.4. The van der Waals surface area contributed by atoms with Gasteiger partial charge in [0.2, 0.25) is 0 Å². The summed E-state index contributed by atoms with van der Waals surface area (Å²) >= 11 is 0. The summed E-state index contributed by atoms with van der Waals surface area (Å²) in [6.45, 7) is 6.38. The Balaban J connectivity index is 4.33. The second kappa shape index (κ2) is 70.3. The van der Waals surface area contributed by atoms with E-state index in [4.69, 9.17) is 14.2 Å². The Hall–Kier alpha value is -4.19. The average molecular weight is 1150 g/mol. The lowest BCUT2D eigenvalue weighted by atomic mass is 10.0. The molecule has 0 N–H and O–H groups in total. The molecule has 0 bridgehead atoms. The molecule has 0 radical (unpaired) electrons. The quantitative estimate of drug-likeness (QED) is 0.0261. The van der Waals surface area contributed by atoms with Gasteiger partial charge in [0.15, 0.2) is 6.10 Å². The number of hydrogen-bond acceptors (Lipinski definition) is 6. The molecule has 0 saturated carbocycles. The third kappa shape index (κ3) is 68.5. The van der Waals surface area contributed by atoms with Crippen molar-refractivity contribution in [3.63, 3.8) is 0 Å². The molecule has 0 heterocycles. The van der Waals surface area contributed by atoms with Crippen molar-refractivity contribution >= 4 is 17.9 Å². The van der Waals surface area contributed by atoms with Gasteiger partial charge in [0.25, 0.3) is 0 Å². The summed E-state index contributed by atoms with van der Waals surface area (Å²) in [6, 6.07) is 0. The van der Waals surface area contributed by atoms with Crippen LogP contribution < -0.4 is 0 Å². The first-order valence-electron chi connectivity index (χ1n) is 35.0. The molecule has 6 nitrogen and oxygen atoms in total. The van der Waals surface area contributed by atoms with Gasteiger partial charge in [0.05, 0.1) is 0 Å². The first kappa shape index (κ1) is 78.8. The number of hydrogen-bond donors (Lipinski definition) is 0. The molecule has 0 aliphatic heterocycles. The predicted octanol–water partition coefficient (Wildman–Crippen LogP) is 24.3. The van der Waals surface area contributed by atoms with Crippen LogP contribution in [0.4, 0.5) is 0 Å². The summed E-state index contributed by atoms with van der Waals surface area (Å²) in [7, 11) is 0. The third-order valence-corrected chi connectivity index (χ3v) is 15.0. The summed E-state index contributed by atoms with van der Waals surface area (Å²) in [6.07, 6.45) is 98.2. The molecule has 0 aromatic heterocycles. The van der Waals surface area contributed by atoms with Crippen LogP contribution in [0.5, 0.6) is 0 Å². The van der Waals surface area contributed by atoms with E-state index in [0.29, 0.717) is 19.3 Å². The second-order valence-electron chi connectivity index (χ2n) is 23.0. The van der Waals surface area contributed by atoms with Crippen LogP contribution in [-0.4, -0.2) is 37.2 Å². The molecule has 1 atom stereocenters. The van der Waals surface area contributed by atoms with Gasteiger partial charge in [-0.2, -0.15) is 0 Å². The maximum absolute atomic E-state index is 13.0. The zero-order valence-corrected chi connectivity index (χ0v) is 54.4. The fraction of sp³-hybridized carbons (Fsp3) is 0.701. The fourth-order valence-electron chi connectivity index (χ4n) is 9.82. The Labute approximate surface area is 513 Å². The highest BCUT2D eigenvalue weighted by Crippen LogP contribution is 2.17. The van der Waals surface area contributed by atoms with Crippen LogP contribution in [0.1, 0.15) is 329 Å². The molecule has 0 aliphatic rings. The minimum atomic E-state index is -0.814. The molecule has 0 spiro atoms. The van der Waals surface area contributed by atoms with Crippen LogP contribution in [0.3, 0.4) is 0 Å². The van der Waals surface area contributed by atoms with E-state index in [-0.39, 0.29) is 37.5 Å². The van der Waals surface area contributed by atoms with Crippen molar-refractivity contribution in [2.75, 3.05) is 13.2 Å². The van der Waals surface area contributed by atoms with E-state index in [1.165, 1.54) is 173 Å². The average Bonchev–Trinajstić information content (AvgIpc) is 3.49. The van der Waals surface area contributed by atoms with Crippen molar-refractivity contribution in [3.8, 4) is 0 Å². The minimum Gasteiger partial charge on any atom is -0.462 e. The standard InChI is InChI=1S/C77H130O6/c1-4-7-10-13-16-19-22-25-27-29-31-33-35-37-38-40-41-43-45-47-49-52-55-58-61-64-67-70-76(79)82-73-74(72-81-75(78)69-66-63-60-57-54-51-24-21-18-15-12-9-6-3)83-77(80)71-68-65-62-59-56-53-50-48-46-44-42-39-36-34-32-30-28-26-23-20-17-14-11-8-5-2/h7,9-10,12,16,18-19,21,25,27,31,33,37-38,41,43,51,54,60,63,74H,4-6,8,11,13-15,17,20,22-24,26,28-30,32,34-36,39-40,42,44-50,52-53,55-59,61-62,64-73H2,1-3H3/b10-7-,12-9-,19-16-,21-18-,27-25-,33-31-,38-37-,43-41-,54-51-,63-60-. The van der Waals surface area contributed by atoms with Crippen molar-refractivity contribution in [2.24, 2.45) is 0 Å². The number of unbranched alkanes of at least 4 members (excludes halogenated alkanes) is 32. The maximum Gasteiger partial charge on any atom is 0.306 e. The summed E-state index contributed by atoms with van der Waals surface area (Å²) < 4.78 is 16.9. The normalized spacial score (nSPS) is 12.9. The first-order valence-corrected chi connectivity index (χ1v) is 35.0.